The Balaban J connectivity index is 1.86. The molecule has 0 radical (unpaired) electrons. The van der Waals surface area contributed by atoms with Crippen LogP contribution in [0, 0.1) is 11.8 Å². The molecule has 0 aliphatic carbocycles. The molecule has 0 aliphatic rings. The molecule has 0 bridgehead atoms. The first-order chi connectivity index (χ1) is 14.5. The van der Waals surface area contributed by atoms with Crippen LogP contribution in [0.25, 0.3) is 5.52 Å². The van der Waals surface area contributed by atoms with Crippen LogP contribution in [0.1, 0.15) is 5.56 Å². The number of methoxy groups -OCH3 is 1. The molecule has 2 aromatic heterocycles. The van der Waals surface area contributed by atoms with E-state index in [9.17, 15) is 17.7 Å². The molecule has 0 aliphatic heterocycles. The van der Waals surface area contributed by atoms with Crippen LogP contribution in [-0.2, 0) is 4.57 Å². The van der Waals surface area contributed by atoms with Gasteiger partial charge in [-0.2, -0.15) is 0 Å². The molecule has 0 atom stereocenters. The van der Waals surface area contributed by atoms with E-state index in [4.69, 9.17) is 4.74 Å². The Morgan fingerprint density at radius 1 is 1.26 bits per heavy atom. The fraction of sp³-hybridized carbons (Fsp3) is 0.238. The van der Waals surface area contributed by atoms with E-state index in [0.717, 1.165) is 0 Å². The Morgan fingerprint density at radius 3 is 2.65 bits per heavy atom. The Kier molecular flexibility index (Phi) is 7.17. The van der Waals surface area contributed by atoms with Crippen molar-refractivity contribution in [1.82, 2.24) is 4.40 Å². The van der Waals surface area contributed by atoms with E-state index in [1.807, 2.05) is 0 Å². The summed E-state index contributed by atoms with van der Waals surface area (Å²) in [6.07, 6.45) is 1.61. The van der Waals surface area contributed by atoms with Crippen LogP contribution in [0.2, 0.25) is 0 Å². The maximum absolute atomic E-state index is 13.1. The summed E-state index contributed by atoms with van der Waals surface area (Å²) in [5.74, 6) is 6.30. The Hall–Kier alpha value is -1.84. The molecule has 164 valence electrons. The first-order valence-electron chi connectivity index (χ1n) is 9.01. The molecule has 10 heteroatoms. The van der Waals surface area contributed by atoms with Gasteiger partial charge in [-0.3, -0.25) is 0 Å². The quantitative estimate of drug-likeness (QED) is 0.280. The molecule has 3 rings (SSSR count). The first kappa shape index (κ1) is 23.8. The summed E-state index contributed by atoms with van der Waals surface area (Å²) in [4.78, 5) is 0. The van der Waals surface area contributed by atoms with Crippen molar-refractivity contribution in [1.29, 1.82) is 0 Å². The van der Waals surface area contributed by atoms with Crippen molar-refractivity contribution in [3.8, 4) is 17.6 Å². The minimum atomic E-state index is -4.29. The average molecular weight is 578 g/mol. The monoisotopic (exact) mass is 578 g/mol. The number of hydrogen-bond acceptors (Lipinski definition) is 3. The third kappa shape index (κ3) is 5.90. The molecular weight excluding hydrogens is 559 g/mol. The number of pyridine rings is 1. The minimum absolute atomic E-state index is 0.160. The third-order valence-corrected chi connectivity index (χ3v) is 8.28. The van der Waals surface area contributed by atoms with Gasteiger partial charge in [0.1, 0.15) is 0 Å². The third-order valence-electron chi connectivity index (χ3n) is 4.32. The van der Waals surface area contributed by atoms with Crippen LogP contribution in [0.5, 0.6) is 5.75 Å². The predicted molar refractivity (Wildman–Crippen MR) is 124 cm³/mol. The Morgan fingerprint density at radius 2 is 2.00 bits per heavy atom. The average Bonchev–Trinajstić information content (AvgIpc) is 3.02. The van der Waals surface area contributed by atoms with E-state index in [1.54, 1.807) is 55.9 Å². The number of aromatic nitrogens is 1. The summed E-state index contributed by atoms with van der Waals surface area (Å²) in [6.45, 7) is 3.57. The van der Waals surface area contributed by atoms with Gasteiger partial charge < -0.3 is 0 Å². The second-order valence-electron chi connectivity index (χ2n) is 6.91. The van der Waals surface area contributed by atoms with E-state index in [1.165, 1.54) is 11.5 Å². The number of nitrogens with one attached hydrogen (secondary N) is 1. The summed E-state index contributed by atoms with van der Waals surface area (Å²) >= 11 is 1.65. The van der Waals surface area contributed by atoms with Crippen molar-refractivity contribution >= 4 is 59.1 Å². The van der Waals surface area contributed by atoms with Crippen molar-refractivity contribution in [2.24, 2.45) is 0 Å². The van der Waals surface area contributed by atoms with Crippen LogP contribution in [0.3, 0.4) is 0 Å². The van der Waals surface area contributed by atoms with Crippen molar-refractivity contribution in [3.63, 3.8) is 0 Å². The van der Waals surface area contributed by atoms with E-state index in [2.05, 4.69) is 33.1 Å². The number of anilines is 1. The van der Waals surface area contributed by atoms with Gasteiger partial charge in [0, 0.05) is 0 Å². The molecule has 31 heavy (non-hydrogen) atoms. The molecule has 0 spiro atoms. The van der Waals surface area contributed by atoms with Crippen molar-refractivity contribution in [2.45, 2.75) is 5.07 Å². The molecule has 0 saturated carbocycles. The molecule has 0 amide bonds. The van der Waals surface area contributed by atoms with Crippen LogP contribution < -0.4 is 20.0 Å². The van der Waals surface area contributed by atoms with Gasteiger partial charge in [-0.25, -0.2) is 0 Å². The zero-order valence-electron chi connectivity index (χ0n) is 16.9. The normalized spacial score (nSPS) is 11.8. The molecule has 1 N–H and O–H groups in total. The summed E-state index contributed by atoms with van der Waals surface area (Å²) in [5, 5.41) is -0.482. The number of nitrogens with zero attached hydrogens (tertiary/aromatic N) is 1. The Labute approximate surface area is 193 Å². The number of alkyl halides is 3. The molecule has 3 aromatic rings. The van der Waals surface area contributed by atoms with Gasteiger partial charge in [-0.1, -0.05) is 0 Å². The zero-order chi connectivity index (χ0) is 22.8. The van der Waals surface area contributed by atoms with Crippen molar-refractivity contribution in [3.05, 3.63) is 52.6 Å². The maximum atomic E-state index is 13.1. The second kappa shape index (κ2) is 9.34. The van der Waals surface area contributed by atoms with Crippen LogP contribution in [0.15, 0.2) is 47.1 Å². The fourth-order valence-electron chi connectivity index (χ4n) is 2.88. The standard InChI is InChI=1S/C21H19BrF3N2O2PSe/c1-29-19-13-15(30(2,3)28)8-9-17(19)26-10-4-6-14-12-18-16(22)7-5-11-27(18)20(14)31-21(23,24)25/h5,7-9,11-13,26H,10H2,1-3H3. The molecule has 0 fully saturated rings. The second-order valence-corrected chi connectivity index (χ2v) is 13.2. The molecule has 0 unspecified atom stereocenters. The topological polar surface area (TPSA) is 42.7 Å². The first-order valence-corrected chi connectivity index (χ1v) is 14.1. The van der Waals surface area contributed by atoms with Gasteiger partial charge in [-0.15, -0.1) is 0 Å². The molecule has 1 aromatic carbocycles. The van der Waals surface area contributed by atoms with Crippen LogP contribution in [0.4, 0.5) is 18.9 Å². The summed E-state index contributed by atoms with van der Waals surface area (Å²) in [7, 11) is -0.907. The van der Waals surface area contributed by atoms with E-state index in [-0.39, 0.29) is 11.1 Å². The van der Waals surface area contributed by atoms with Gasteiger partial charge >= 0.3 is 194 Å². The number of halogens is 4. The summed E-state index contributed by atoms with van der Waals surface area (Å²) in [5.41, 5.74) is 1.66. The number of benzene rings is 1. The van der Waals surface area contributed by atoms with Gasteiger partial charge in [0.2, 0.25) is 0 Å². The molecule has 4 nitrogen and oxygen atoms in total. The zero-order valence-corrected chi connectivity index (χ0v) is 21.1. The van der Waals surface area contributed by atoms with E-state index < -0.39 is 27.2 Å². The molecular formula is C21H19BrF3N2O2PSe. The number of ether oxygens (including phenoxy) is 1. The van der Waals surface area contributed by atoms with Crippen molar-refractivity contribution in [2.75, 3.05) is 32.3 Å². The van der Waals surface area contributed by atoms with Crippen molar-refractivity contribution < 1.29 is 22.5 Å². The van der Waals surface area contributed by atoms with E-state index >= 15 is 0 Å². The van der Waals surface area contributed by atoms with Gasteiger partial charge in [0.15, 0.2) is 0 Å². The SMILES string of the molecule is COc1cc(P(C)(C)=O)ccc1NCC#Cc1cc2c(Br)cccn2c1[Se]C(F)(F)F. The number of rotatable bonds is 5. The van der Waals surface area contributed by atoms with Crippen LogP contribution in [-0.4, -0.2) is 51.4 Å². The van der Waals surface area contributed by atoms with Crippen LogP contribution >= 0.6 is 23.1 Å². The van der Waals surface area contributed by atoms with Gasteiger partial charge in [0.05, 0.1) is 0 Å². The van der Waals surface area contributed by atoms with Gasteiger partial charge in [-0.05, 0) is 0 Å². The number of hydrogen-bond donors (Lipinski definition) is 1. The van der Waals surface area contributed by atoms with E-state index in [0.29, 0.717) is 32.3 Å². The number of fused-ring (bicyclic) bond motifs is 1. The predicted octanol–water partition coefficient (Wildman–Crippen LogP) is 4.27. The van der Waals surface area contributed by atoms with Gasteiger partial charge in [0.25, 0.3) is 0 Å². The molecule has 0 saturated heterocycles. The Bertz CT molecular complexity index is 1230. The summed E-state index contributed by atoms with van der Waals surface area (Å²) in [6, 6.07) is 10.4. The fourth-order valence-corrected chi connectivity index (χ4v) is 5.66. The summed E-state index contributed by atoms with van der Waals surface area (Å²) < 4.78 is 59.5. The molecule has 2 heterocycles.